The summed E-state index contributed by atoms with van der Waals surface area (Å²) in [6, 6.07) is 6.89. The highest BCUT2D eigenvalue weighted by atomic mass is 16.4. The van der Waals surface area contributed by atoms with Gasteiger partial charge in [0.2, 0.25) is 0 Å². The first-order chi connectivity index (χ1) is 7.93. The Bertz CT molecular complexity index is 557. The summed E-state index contributed by atoms with van der Waals surface area (Å²) in [5, 5.41) is 10.1. The Hall–Kier alpha value is -1.81. The van der Waals surface area contributed by atoms with E-state index in [-0.39, 0.29) is 0 Å². The molecule has 0 radical (unpaired) electrons. The van der Waals surface area contributed by atoms with Gasteiger partial charge in [-0.05, 0) is 29.1 Å². The Labute approximate surface area is 99.4 Å². The van der Waals surface area contributed by atoms with E-state index in [0.29, 0.717) is 0 Å². The van der Waals surface area contributed by atoms with Crippen LogP contribution < -0.4 is 5.73 Å². The molecular weight excluding hydrogens is 216 g/mol. The molecule has 0 bridgehead atoms. The molecule has 4 N–H and O–H groups in total. The van der Waals surface area contributed by atoms with Gasteiger partial charge in [0.1, 0.15) is 6.04 Å². The molecule has 1 aromatic carbocycles. The number of H-pyrrole nitrogens is 1. The maximum Gasteiger partial charge on any atom is 0.321 e. The predicted octanol–water partition coefficient (Wildman–Crippen LogP) is 1.86. The summed E-state index contributed by atoms with van der Waals surface area (Å²) < 4.78 is 0. The van der Waals surface area contributed by atoms with Crippen molar-refractivity contribution in [1.29, 1.82) is 0 Å². The van der Waals surface area contributed by atoms with Gasteiger partial charge in [-0.15, -0.1) is 0 Å². The van der Waals surface area contributed by atoms with Crippen LogP contribution in [-0.2, 0) is 10.2 Å². The molecule has 90 valence electrons. The summed E-state index contributed by atoms with van der Waals surface area (Å²) in [5.74, 6) is -0.982. The van der Waals surface area contributed by atoms with E-state index in [9.17, 15) is 4.79 Å². The van der Waals surface area contributed by atoms with Crippen molar-refractivity contribution in [3.05, 3.63) is 36.0 Å². The van der Waals surface area contributed by atoms with E-state index in [1.165, 1.54) is 0 Å². The molecule has 0 fully saturated rings. The van der Waals surface area contributed by atoms with E-state index in [1.807, 2.05) is 44.3 Å². The average molecular weight is 232 g/mol. The van der Waals surface area contributed by atoms with Crippen LogP contribution in [0.4, 0.5) is 0 Å². The number of nitrogens with two attached hydrogens (primary N) is 1. The molecule has 1 unspecified atom stereocenters. The molecule has 1 heterocycles. The number of fused-ring (bicyclic) bond motifs is 1. The molecule has 0 aliphatic rings. The monoisotopic (exact) mass is 232 g/mol. The van der Waals surface area contributed by atoms with Gasteiger partial charge in [-0.1, -0.05) is 19.9 Å². The van der Waals surface area contributed by atoms with Crippen LogP contribution in [0.3, 0.4) is 0 Å². The SMILES string of the molecule is CC(C)(c1ccc2[nH]ccc2c1)C(N)C(=O)O. The molecule has 1 atom stereocenters. The van der Waals surface area contributed by atoms with E-state index >= 15 is 0 Å². The van der Waals surface area contributed by atoms with Gasteiger partial charge in [-0.2, -0.15) is 0 Å². The van der Waals surface area contributed by atoms with E-state index in [4.69, 9.17) is 10.8 Å². The normalized spacial score (nSPS) is 13.8. The molecule has 0 spiro atoms. The Morgan fingerprint density at radius 1 is 1.41 bits per heavy atom. The van der Waals surface area contributed by atoms with Crippen LogP contribution in [0.25, 0.3) is 10.9 Å². The molecule has 17 heavy (non-hydrogen) atoms. The Morgan fingerprint density at radius 2 is 2.12 bits per heavy atom. The number of hydrogen-bond acceptors (Lipinski definition) is 2. The third-order valence-electron chi connectivity index (χ3n) is 3.34. The lowest BCUT2D eigenvalue weighted by Gasteiger charge is -2.29. The molecule has 4 nitrogen and oxygen atoms in total. The fourth-order valence-electron chi connectivity index (χ4n) is 1.94. The molecule has 4 heteroatoms. The number of nitrogens with one attached hydrogen (secondary N) is 1. The van der Waals surface area contributed by atoms with Crippen molar-refractivity contribution in [3.63, 3.8) is 0 Å². The van der Waals surface area contributed by atoms with Crippen LogP contribution in [0.5, 0.6) is 0 Å². The van der Waals surface area contributed by atoms with Crippen LogP contribution >= 0.6 is 0 Å². The van der Waals surface area contributed by atoms with Gasteiger partial charge in [0.05, 0.1) is 0 Å². The van der Waals surface area contributed by atoms with Crippen LogP contribution in [-0.4, -0.2) is 22.1 Å². The first-order valence-electron chi connectivity index (χ1n) is 5.49. The minimum atomic E-state index is -0.982. The third kappa shape index (κ3) is 1.91. The van der Waals surface area contributed by atoms with Gasteiger partial charge in [0.15, 0.2) is 0 Å². The van der Waals surface area contributed by atoms with Crippen LogP contribution in [0.1, 0.15) is 19.4 Å². The van der Waals surface area contributed by atoms with Gasteiger partial charge >= 0.3 is 5.97 Å². The summed E-state index contributed by atoms with van der Waals surface area (Å²) in [6.07, 6.45) is 1.86. The fraction of sp³-hybridized carbons (Fsp3) is 0.308. The van der Waals surface area contributed by atoms with Crippen molar-refractivity contribution in [2.24, 2.45) is 5.73 Å². The van der Waals surface area contributed by atoms with E-state index < -0.39 is 17.4 Å². The predicted molar refractivity (Wildman–Crippen MR) is 66.9 cm³/mol. The molecule has 0 aliphatic heterocycles. The maximum atomic E-state index is 11.0. The van der Waals surface area contributed by atoms with E-state index in [2.05, 4.69) is 4.98 Å². The molecule has 0 saturated carbocycles. The summed E-state index contributed by atoms with van der Waals surface area (Å²) in [5.41, 5.74) is 7.10. The molecule has 2 rings (SSSR count). The first kappa shape index (κ1) is 11.7. The van der Waals surface area contributed by atoms with Crippen molar-refractivity contribution < 1.29 is 9.90 Å². The lowest BCUT2D eigenvalue weighted by Crippen LogP contribution is -2.46. The quantitative estimate of drug-likeness (QED) is 0.755. The van der Waals surface area contributed by atoms with Gasteiger partial charge < -0.3 is 15.8 Å². The second-order valence-corrected chi connectivity index (χ2v) is 4.82. The highest BCUT2D eigenvalue weighted by Gasteiger charge is 2.33. The molecule has 1 aromatic heterocycles. The number of aromatic amines is 1. The second kappa shape index (κ2) is 3.89. The lowest BCUT2D eigenvalue weighted by molar-refractivity contribution is -0.140. The van der Waals surface area contributed by atoms with Crippen LogP contribution in [0, 0.1) is 0 Å². The van der Waals surface area contributed by atoms with Crippen LogP contribution in [0.15, 0.2) is 30.5 Å². The minimum Gasteiger partial charge on any atom is -0.480 e. The average Bonchev–Trinajstić information content (AvgIpc) is 2.74. The topological polar surface area (TPSA) is 79.1 Å². The first-order valence-corrected chi connectivity index (χ1v) is 5.49. The Morgan fingerprint density at radius 3 is 2.76 bits per heavy atom. The Balaban J connectivity index is 2.47. The smallest absolute Gasteiger partial charge is 0.321 e. The fourth-order valence-corrected chi connectivity index (χ4v) is 1.94. The number of hydrogen-bond donors (Lipinski definition) is 3. The van der Waals surface area contributed by atoms with Crippen molar-refractivity contribution in [1.82, 2.24) is 4.98 Å². The van der Waals surface area contributed by atoms with E-state index in [1.54, 1.807) is 0 Å². The maximum absolute atomic E-state index is 11.0. The van der Waals surface area contributed by atoms with Gasteiger partial charge in [0, 0.05) is 17.1 Å². The number of aromatic nitrogens is 1. The molecule has 0 saturated heterocycles. The third-order valence-corrected chi connectivity index (χ3v) is 3.34. The lowest BCUT2D eigenvalue weighted by atomic mass is 9.78. The molecular formula is C13H16N2O2. The summed E-state index contributed by atoms with van der Waals surface area (Å²) >= 11 is 0. The van der Waals surface area contributed by atoms with Crippen molar-refractivity contribution in [3.8, 4) is 0 Å². The molecule has 0 amide bonds. The Kier molecular flexibility index (Phi) is 2.67. The van der Waals surface area contributed by atoms with Gasteiger partial charge in [-0.3, -0.25) is 4.79 Å². The molecule has 0 aliphatic carbocycles. The second-order valence-electron chi connectivity index (χ2n) is 4.82. The summed E-state index contributed by atoms with van der Waals surface area (Å²) in [6.45, 7) is 3.69. The zero-order valence-corrected chi connectivity index (χ0v) is 9.90. The highest BCUT2D eigenvalue weighted by molar-refractivity contribution is 5.81. The number of rotatable bonds is 3. The van der Waals surface area contributed by atoms with Gasteiger partial charge in [-0.25, -0.2) is 0 Å². The van der Waals surface area contributed by atoms with Crippen LogP contribution in [0.2, 0.25) is 0 Å². The summed E-state index contributed by atoms with van der Waals surface area (Å²) in [4.78, 5) is 14.1. The highest BCUT2D eigenvalue weighted by Crippen LogP contribution is 2.28. The molecule has 2 aromatic rings. The van der Waals surface area contributed by atoms with Gasteiger partial charge in [0.25, 0.3) is 0 Å². The summed E-state index contributed by atoms with van der Waals surface area (Å²) in [7, 11) is 0. The largest absolute Gasteiger partial charge is 0.480 e. The van der Waals surface area contributed by atoms with Crippen molar-refractivity contribution in [2.75, 3.05) is 0 Å². The zero-order valence-electron chi connectivity index (χ0n) is 9.90. The zero-order chi connectivity index (χ0) is 12.6. The number of benzene rings is 1. The minimum absolute atomic E-state index is 0.600. The number of carboxylic acids is 1. The van der Waals surface area contributed by atoms with Crippen molar-refractivity contribution >= 4 is 16.9 Å². The number of aliphatic carboxylic acids is 1. The van der Waals surface area contributed by atoms with E-state index in [0.717, 1.165) is 16.5 Å². The number of carboxylic acid groups (broad SMARTS) is 1. The standard InChI is InChI=1S/C13H16N2O2/c1-13(2,11(14)12(16)17)9-3-4-10-8(7-9)5-6-15-10/h3-7,11,15H,14H2,1-2H3,(H,16,17). The van der Waals surface area contributed by atoms with Crippen molar-refractivity contribution in [2.45, 2.75) is 25.3 Å². The number of carbonyl (C=O) groups is 1.